The standard InChI is InChI=1S/C22H32O5/c1-8-18(23)26-11-12-27-19(24)10-9-15-13-16(21(2,3)4)20(25)17(14-15)22(5,6)7/h8,13-14,25H,1,9-12H2,2-7H3. The number of carbonyl (C=O) groups excluding carboxylic acids is 2. The molecule has 5 heteroatoms. The number of phenols is 1. The number of aryl methyl sites for hydroxylation is 1. The zero-order valence-electron chi connectivity index (χ0n) is 17.3. The quantitative estimate of drug-likeness (QED) is 0.439. The van der Waals surface area contributed by atoms with E-state index in [0.717, 1.165) is 22.8 Å². The monoisotopic (exact) mass is 376 g/mol. The molecule has 0 aliphatic carbocycles. The van der Waals surface area contributed by atoms with E-state index in [-0.39, 0.29) is 36.4 Å². The van der Waals surface area contributed by atoms with Crippen molar-refractivity contribution in [3.8, 4) is 5.75 Å². The van der Waals surface area contributed by atoms with E-state index in [9.17, 15) is 14.7 Å². The Labute approximate surface area is 162 Å². The number of aromatic hydroxyl groups is 1. The van der Waals surface area contributed by atoms with E-state index in [2.05, 4.69) is 48.1 Å². The second kappa shape index (κ2) is 9.07. The summed E-state index contributed by atoms with van der Waals surface area (Å²) in [6.45, 7) is 15.6. The lowest BCUT2D eigenvalue weighted by Gasteiger charge is -2.28. The smallest absolute Gasteiger partial charge is 0.330 e. The summed E-state index contributed by atoms with van der Waals surface area (Å²) >= 11 is 0. The third-order valence-corrected chi connectivity index (χ3v) is 4.16. The number of benzene rings is 1. The van der Waals surface area contributed by atoms with Crippen LogP contribution in [0.3, 0.4) is 0 Å². The fourth-order valence-electron chi connectivity index (χ4n) is 2.66. The summed E-state index contributed by atoms with van der Waals surface area (Å²) in [5, 5.41) is 10.7. The lowest BCUT2D eigenvalue weighted by atomic mass is 9.78. The van der Waals surface area contributed by atoms with Gasteiger partial charge in [-0.3, -0.25) is 4.79 Å². The molecule has 0 unspecified atom stereocenters. The Kier molecular flexibility index (Phi) is 7.64. The zero-order valence-corrected chi connectivity index (χ0v) is 17.3. The fourth-order valence-corrected chi connectivity index (χ4v) is 2.66. The molecule has 1 N–H and O–H groups in total. The van der Waals surface area contributed by atoms with Crippen molar-refractivity contribution >= 4 is 11.9 Å². The van der Waals surface area contributed by atoms with Crippen molar-refractivity contribution in [1.82, 2.24) is 0 Å². The van der Waals surface area contributed by atoms with E-state index in [1.54, 1.807) is 0 Å². The summed E-state index contributed by atoms with van der Waals surface area (Å²) < 4.78 is 9.84. The maximum Gasteiger partial charge on any atom is 0.330 e. The van der Waals surface area contributed by atoms with Crippen molar-refractivity contribution in [2.45, 2.75) is 65.2 Å². The van der Waals surface area contributed by atoms with Crippen LogP contribution in [0.4, 0.5) is 0 Å². The van der Waals surface area contributed by atoms with Crippen molar-refractivity contribution in [3.05, 3.63) is 41.5 Å². The Balaban J connectivity index is 2.81. The van der Waals surface area contributed by atoms with Crippen molar-refractivity contribution < 1.29 is 24.2 Å². The molecule has 0 saturated carbocycles. The SMILES string of the molecule is C=CC(=O)OCCOC(=O)CCc1cc(C(C)(C)C)c(O)c(C(C)(C)C)c1. The normalized spacial score (nSPS) is 11.8. The molecule has 0 aromatic heterocycles. The summed E-state index contributed by atoms with van der Waals surface area (Å²) in [5.74, 6) is -0.572. The number of ether oxygens (including phenoxy) is 2. The first-order valence-corrected chi connectivity index (χ1v) is 9.18. The van der Waals surface area contributed by atoms with Crippen LogP contribution < -0.4 is 0 Å². The van der Waals surface area contributed by atoms with Crippen LogP contribution in [0.25, 0.3) is 0 Å². The minimum Gasteiger partial charge on any atom is -0.507 e. The summed E-state index contributed by atoms with van der Waals surface area (Å²) in [6.07, 6.45) is 1.79. The highest BCUT2D eigenvalue weighted by atomic mass is 16.6. The van der Waals surface area contributed by atoms with Gasteiger partial charge in [0.05, 0.1) is 0 Å². The minimum absolute atomic E-state index is 0.0121. The van der Waals surface area contributed by atoms with E-state index in [1.807, 2.05) is 12.1 Å². The van der Waals surface area contributed by atoms with E-state index in [0.29, 0.717) is 12.2 Å². The Morgan fingerprint density at radius 1 is 1.00 bits per heavy atom. The molecule has 0 saturated heterocycles. The lowest BCUT2D eigenvalue weighted by molar-refractivity contribution is -0.149. The van der Waals surface area contributed by atoms with E-state index < -0.39 is 5.97 Å². The van der Waals surface area contributed by atoms with Gasteiger partial charge in [0.15, 0.2) is 0 Å². The Morgan fingerprint density at radius 3 is 1.93 bits per heavy atom. The van der Waals surface area contributed by atoms with Crippen LogP contribution in [0.2, 0.25) is 0 Å². The topological polar surface area (TPSA) is 72.8 Å². The highest BCUT2D eigenvalue weighted by Crippen LogP contribution is 2.39. The van der Waals surface area contributed by atoms with Gasteiger partial charge in [0.25, 0.3) is 0 Å². The van der Waals surface area contributed by atoms with Crippen molar-refractivity contribution in [2.75, 3.05) is 13.2 Å². The largest absolute Gasteiger partial charge is 0.507 e. The zero-order chi connectivity index (χ0) is 20.8. The lowest BCUT2D eigenvalue weighted by Crippen LogP contribution is -2.18. The van der Waals surface area contributed by atoms with Crippen molar-refractivity contribution in [1.29, 1.82) is 0 Å². The van der Waals surface area contributed by atoms with E-state index >= 15 is 0 Å². The van der Waals surface area contributed by atoms with Crippen LogP contribution in [0, 0.1) is 0 Å². The summed E-state index contributed by atoms with van der Waals surface area (Å²) in [5.41, 5.74) is 2.30. The van der Waals surface area contributed by atoms with Crippen LogP contribution in [0.1, 0.15) is 64.7 Å². The number of phenolic OH excluding ortho intramolecular Hbond substituents is 1. The highest BCUT2D eigenvalue weighted by Gasteiger charge is 2.26. The number of carbonyl (C=O) groups is 2. The predicted molar refractivity (Wildman–Crippen MR) is 106 cm³/mol. The molecular formula is C22H32O5. The molecule has 150 valence electrons. The van der Waals surface area contributed by atoms with E-state index in [4.69, 9.17) is 9.47 Å². The summed E-state index contributed by atoms with van der Waals surface area (Å²) in [4.78, 5) is 22.8. The van der Waals surface area contributed by atoms with Crippen LogP contribution in [-0.4, -0.2) is 30.3 Å². The van der Waals surface area contributed by atoms with Crippen LogP contribution in [0.5, 0.6) is 5.75 Å². The van der Waals surface area contributed by atoms with Gasteiger partial charge in [0, 0.05) is 12.5 Å². The Morgan fingerprint density at radius 2 is 1.48 bits per heavy atom. The summed E-state index contributed by atoms with van der Waals surface area (Å²) in [7, 11) is 0. The molecule has 27 heavy (non-hydrogen) atoms. The van der Waals surface area contributed by atoms with Gasteiger partial charge in [-0.2, -0.15) is 0 Å². The van der Waals surface area contributed by atoms with Gasteiger partial charge < -0.3 is 14.6 Å². The first kappa shape index (κ1) is 22.7. The Hall–Kier alpha value is -2.30. The Bertz CT molecular complexity index is 655. The maximum atomic E-state index is 11.9. The molecule has 0 amide bonds. The molecule has 1 aromatic carbocycles. The second-order valence-corrected chi connectivity index (χ2v) is 8.63. The van der Waals surface area contributed by atoms with Gasteiger partial charge in [0.1, 0.15) is 19.0 Å². The van der Waals surface area contributed by atoms with Gasteiger partial charge >= 0.3 is 11.9 Å². The van der Waals surface area contributed by atoms with Crippen molar-refractivity contribution in [2.24, 2.45) is 0 Å². The highest BCUT2D eigenvalue weighted by molar-refractivity contribution is 5.81. The average molecular weight is 376 g/mol. The first-order valence-electron chi connectivity index (χ1n) is 9.18. The molecule has 0 atom stereocenters. The predicted octanol–water partition coefficient (Wildman–Crippen LogP) is 4.19. The fraction of sp³-hybridized carbons (Fsp3) is 0.545. The number of hydrogen-bond acceptors (Lipinski definition) is 5. The molecule has 0 bridgehead atoms. The van der Waals surface area contributed by atoms with Gasteiger partial charge in [-0.1, -0.05) is 60.3 Å². The van der Waals surface area contributed by atoms with Crippen LogP contribution >= 0.6 is 0 Å². The number of hydrogen-bond donors (Lipinski definition) is 1. The molecule has 5 nitrogen and oxygen atoms in total. The van der Waals surface area contributed by atoms with Gasteiger partial charge in [-0.25, -0.2) is 4.79 Å². The van der Waals surface area contributed by atoms with Gasteiger partial charge in [-0.05, 0) is 33.9 Å². The average Bonchev–Trinajstić information content (AvgIpc) is 2.55. The second-order valence-electron chi connectivity index (χ2n) is 8.63. The van der Waals surface area contributed by atoms with Crippen LogP contribution in [-0.2, 0) is 36.3 Å². The molecule has 1 rings (SSSR count). The molecule has 0 aliphatic rings. The number of esters is 2. The minimum atomic E-state index is -0.542. The third kappa shape index (κ3) is 7.08. The third-order valence-electron chi connectivity index (χ3n) is 4.16. The van der Waals surface area contributed by atoms with Gasteiger partial charge in [-0.15, -0.1) is 0 Å². The molecule has 0 spiro atoms. The van der Waals surface area contributed by atoms with Crippen molar-refractivity contribution in [3.63, 3.8) is 0 Å². The van der Waals surface area contributed by atoms with E-state index in [1.165, 1.54) is 0 Å². The van der Waals surface area contributed by atoms with Gasteiger partial charge in [0.2, 0.25) is 0 Å². The molecule has 0 radical (unpaired) electrons. The maximum absolute atomic E-state index is 11.9. The molecule has 1 aromatic rings. The molecule has 0 fully saturated rings. The molecule has 0 aliphatic heterocycles. The first-order chi connectivity index (χ1) is 12.4. The van der Waals surface area contributed by atoms with Crippen LogP contribution in [0.15, 0.2) is 24.8 Å². The molecular weight excluding hydrogens is 344 g/mol. The summed E-state index contributed by atoms with van der Waals surface area (Å²) in [6, 6.07) is 3.92. The number of rotatable bonds is 7. The molecule has 0 heterocycles.